The van der Waals surface area contributed by atoms with Crippen LogP contribution in [0.2, 0.25) is 5.02 Å². The van der Waals surface area contributed by atoms with Crippen molar-refractivity contribution in [3.8, 4) is 0 Å². The lowest BCUT2D eigenvalue weighted by Crippen LogP contribution is -2.37. The second-order valence-electron chi connectivity index (χ2n) is 5.26. The van der Waals surface area contributed by atoms with Crippen molar-refractivity contribution in [3.63, 3.8) is 0 Å². The molecule has 4 nitrogen and oxygen atoms in total. The van der Waals surface area contributed by atoms with Crippen molar-refractivity contribution in [2.45, 2.75) is 25.5 Å². The van der Waals surface area contributed by atoms with Crippen molar-refractivity contribution in [3.05, 3.63) is 39.6 Å². The fourth-order valence-electron chi connectivity index (χ4n) is 2.30. The first-order chi connectivity index (χ1) is 10.0. The Morgan fingerprint density at radius 3 is 2.81 bits per heavy atom. The molecular weight excluding hydrogens is 356 g/mol. The molecule has 21 heavy (non-hydrogen) atoms. The molecule has 6 heteroatoms. The minimum Gasteiger partial charge on any atom is -0.368 e. The largest absolute Gasteiger partial charge is 0.368 e. The number of amides is 1. The molecule has 1 amide bonds. The maximum atomic E-state index is 11.8. The van der Waals surface area contributed by atoms with Crippen molar-refractivity contribution in [2.24, 2.45) is 5.92 Å². The number of rotatable bonds is 3. The molecule has 0 saturated heterocycles. The van der Waals surface area contributed by atoms with Crippen LogP contribution in [0.4, 0.5) is 0 Å². The van der Waals surface area contributed by atoms with Gasteiger partial charge in [0.1, 0.15) is 0 Å². The molecule has 2 aromatic rings. The third-order valence-corrected chi connectivity index (χ3v) is 5.01. The first kappa shape index (κ1) is 14.8. The lowest BCUT2D eigenvalue weighted by atomic mass is 9.85. The second kappa shape index (κ2) is 5.91. The van der Waals surface area contributed by atoms with E-state index >= 15 is 0 Å². The van der Waals surface area contributed by atoms with Gasteiger partial charge in [0.25, 0.3) is 0 Å². The summed E-state index contributed by atoms with van der Waals surface area (Å²) in [5.41, 5.74) is 0.421. The van der Waals surface area contributed by atoms with E-state index in [1.807, 2.05) is 6.07 Å². The van der Waals surface area contributed by atoms with E-state index in [1.54, 1.807) is 18.3 Å². The van der Waals surface area contributed by atoms with Gasteiger partial charge in [0.15, 0.2) is 6.23 Å². The van der Waals surface area contributed by atoms with Crippen LogP contribution in [0.15, 0.2) is 28.9 Å². The number of hydrogen-bond donors (Lipinski definition) is 2. The molecule has 0 aliphatic heterocycles. The molecule has 1 saturated carbocycles. The number of halogens is 2. The fourth-order valence-corrected chi connectivity index (χ4v) is 2.83. The van der Waals surface area contributed by atoms with Gasteiger partial charge in [-0.05, 0) is 52.4 Å². The molecular formula is C15H14BrClN2O2. The summed E-state index contributed by atoms with van der Waals surface area (Å²) >= 11 is 9.40. The Morgan fingerprint density at radius 1 is 1.38 bits per heavy atom. The van der Waals surface area contributed by atoms with Gasteiger partial charge < -0.3 is 10.4 Å². The highest BCUT2D eigenvalue weighted by molar-refractivity contribution is 9.10. The maximum absolute atomic E-state index is 11.8. The number of aliphatic hydroxyl groups is 1. The summed E-state index contributed by atoms with van der Waals surface area (Å²) < 4.78 is 0.779. The minimum atomic E-state index is -1.09. The van der Waals surface area contributed by atoms with Crippen molar-refractivity contribution in [1.82, 2.24) is 10.3 Å². The molecule has 3 rings (SSSR count). The number of nitrogens with zero attached hydrogens (tertiary/aromatic N) is 1. The molecule has 2 N–H and O–H groups in total. The SMILES string of the molecule is O=C(NC(O)c1cc2cc(Br)c(Cl)cc2cn1)C1CCC1. The zero-order valence-corrected chi connectivity index (χ0v) is 13.5. The minimum absolute atomic E-state index is 0.0352. The van der Waals surface area contributed by atoms with Crippen LogP contribution < -0.4 is 5.32 Å². The fraction of sp³-hybridized carbons (Fsp3) is 0.333. The average molecular weight is 370 g/mol. The van der Waals surface area contributed by atoms with E-state index < -0.39 is 6.23 Å². The molecule has 1 aromatic carbocycles. The van der Waals surface area contributed by atoms with Crippen LogP contribution in [0, 0.1) is 5.92 Å². The number of aliphatic hydroxyl groups excluding tert-OH is 1. The highest BCUT2D eigenvalue weighted by Crippen LogP contribution is 2.29. The number of fused-ring (bicyclic) bond motifs is 1. The van der Waals surface area contributed by atoms with Gasteiger partial charge >= 0.3 is 0 Å². The Balaban J connectivity index is 1.82. The molecule has 1 aliphatic carbocycles. The highest BCUT2D eigenvalue weighted by atomic mass is 79.9. The van der Waals surface area contributed by atoms with Gasteiger partial charge in [-0.2, -0.15) is 0 Å². The van der Waals surface area contributed by atoms with E-state index in [9.17, 15) is 9.90 Å². The van der Waals surface area contributed by atoms with Crippen LogP contribution in [0.5, 0.6) is 0 Å². The molecule has 0 radical (unpaired) electrons. The van der Waals surface area contributed by atoms with E-state index in [2.05, 4.69) is 26.2 Å². The number of hydrogen-bond acceptors (Lipinski definition) is 3. The smallest absolute Gasteiger partial charge is 0.225 e. The van der Waals surface area contributed by atoms with E-state index in [1.165, 1.54) is 0 Å². The van der Waals surface area contributed by atoms with Crippen LogP contribution in [-0.4, -0.2) is 16.0 Å². The first-order valence-electron chi connectivity index (χ1n) is 6.78. The van der Waals surface area contributed by atoms with Crippen LogP contribution in [0.25, 0.3) is 10.8 Å². The second-order valence-corrected chi connectivity index (χ2v) is 6.52. The number of benzene rings is 1. The molecule has 1 fully saturated rings. The van der Waals surface area contributed by atoms with E-state index in [0.717, 1.165) is 34.5 Å². The zero-order chi connectivity index (χ0) is 15.0. The Hall–Kier alpha value is -1.17. The molecule has 1 heterocycles. The third-order valence-electron chi connectivity index (χ3n) is 3.82. The summed E-state index contributed by atoms with van der Waals surface area (Å²) in [4.78, 5) is 16.0. The Bertz CT molecular complexity index is 703. The van der Waals surface area contributed by atoms with Crippen molar-refractivity contribution < 1.29 is 9.90 Å². The van der Waals surface area contributed by atoms with E-state index in [0.29, 0.717) is 10.7 Å². The van der Waals surface area contributed by atoms with Gasteiger partial charge in [-0.15, -0.1) is 0 Å². The maximum Gasteiger partial charge on any atom is 0.225 e. The van der Waals surface area contributed by atoms with Gasteiger partial charge in [-0.1, -0.05) is 18.0 Å². The molecule has 0 bridgehead atoms. The molecule has 1 unspecified atom stereocenters. The summed E-state index contributed by atoms with van der Waals surface area (Å²) in [6, 6.07) is 5.42. The average Bonchev–Trinajstić information content (AvgIpc) is 2.37. The lowest BCUT2D eigenvalue weighted by molar-refractivity contribution is -0.130. The summed E-state index contributed by atoms with van der Waals surface area (Å²) in [7, 11) is 0. The Morgan fingerprint density at radius 2 is 2.14 bits per heavy atom. The van der Waals surface area contributed by atoms with Gasteiger partial charge in [-0.25, -0.2) is 0 Å². The predicted molar refractivity (Wildman–Crippen MR) is 84.9 cm³/mol. The Labute approximate surface area is 135 Å². The predicted octanol–water partition coefficient (Wildman–Crippen LogP) is 3.56. The normalized spacial score (nSPS) is 16.5. The summed E-state index contributed by atoms with van der Waals surface area (Å²) in [5.74, 6) is -0.0685. The van der Waals surface area contributed by atoms with Crippen LogP contribution in [0.3, 0.4) is 0 Å². The first-order valence-corrected chi connectivity index (χ1v) is 7.95. The highest BCUT2D eigenvalue weighted by Gasteiger charge is 2.27. The van der Waals surface area contributed by atoms with Gasteiger partial charge in [0.2, 0.25) is 5.91 Å². The van der Waals surface area contributed by atoms with Crippen LogP contribution >= 0.6 is 27.5 Å². The lowest BCUT2D eigenvalue weighted by Gasteiger charge is -2.25. The Kier molecular flexibility index (Phi) is 4.15. The topological polar surface area (TPSA) is 62.2 Å². The summed E-state index contributed by atoms with van der Waals surface area (Å²) in [6.45, 7) is 0. The summed E-state index contributed by atoms with van der Waals surface area (Å²) in [6.07, 6.45) is 3.43. The van der Waals surface area contributed by atoms with Crippen molar-refractivity contribution in [1.29, 1.82) is 0 Å². The molecule has 1 atom stereocenters. The van der Waals surface area contributed by atoms with Crippen molar-refractivity contribution >= 4 is 44.2 Å². The number of aromatic nitrogens is 1. The number of nitrogens with one attached hydrogen (secondary N) is 1. The standard InChI is InChI=1S/C15H14BrClN2O2/c16-11-4-9-6-13(18-7-10(9)5-12(11)17)15(21)19-14(20)8-2-1-3-8/h4-8,15,21H,1-3H2,(H,19,20). The molecule has 1 aliphatic rings. The number of carbonyl (C=O) groups excluding carboxylic acids is 1. The van der Waals surface area contributed by atoms with Gasteiger partial charge in [0, 0.05) is 22.0 Å². The van der Waals surface area contributed by atoms with Gasteiger partial charge in [0.05, 0.1) is 10.7 Å². The van der Waals surface area contributed by atoms with Crippen LogP contribution in [0.1, 0.15) is 31.2 Å². The molecule has 110 valence electrons. The van der Waals surface area contributed by atoms with Crippen molar-refractivity contribution in [2.75, 3.05) is 0 Å². The monoisotopic (exact) mass is 368 g/mol. The summed E-state index contributed by atoms with van der Waals surface area (Å²) in [5, 5.41) is 15.1. The number of carbonyl (C=O) groups is 1. The number of pyridine rings is 1. The zero-order valence-electron chi connectivity index (χ0n) is 11.1. The van der Waals surface area contributed by atoms with Crippen LogP contribution in [-0.2, 0) is 4.79 Å². The van der Waals surface area contributed by atoms with E-state index in [-0.39, 0.29) is 11.8 Å². The molecule has 0 spiro atoms. The quantitative estimate of drug-likeness (QED) is 0.813. The van der Waals surface area contributed by atoms with E-state index in [4.69, 9.17) is 11.6 Å². The molecule has 1 aromatic heterocycles. The third kappa shape index (κ3) is 3.05. The van der Waals surface area contributed by atoms with Gasteiger partial charge in [-0.3, -0.25) is 9.78 Å².